The van der Waals surface area contributed by atoms with Crippen LogP contribution < -0.4 is 0 Å². The zero-order chi connectivity index (χ0) is 31.6. The van der Waals surface area contributed by atoms with Gasteiger partial charge in [-0.15, -0.1) is 0 Å². The lowest BCUT2D eigenvalue weighted by atomic mass is 9.79. The normalized spacial score (nSPS) is 21.2. The largest absolute Gasteiger partial charge is 0.507 e. The van der Waals surface area contributed by atoms with Crippen molar-refractivity contribution in [1.82, 2.24) is 4.90 Å². The van der Waals surface area contributed by atoms with Crippen molar-refractivity contribution in [1.29, 1.82) is 0 Å². The van der Waals surface area contributed by atoms with Gasteiger partial charge in [-0.25, -0.2) is 0 Å². The molecule has 236 valence electrons. The van der Waals surface area contributed by atoms with Gasteiger partial charge in [-0.3, -0.25) is 14.9 Å². The lowest BCUT2D eigenvalue weighted by molar-refractivity contribution is 0.218. The van der Waals surface area contributed by atoms with E-state index in [4.69, 9.17) is 9.98 Å². The van der Waals surface area contributed by atoms with E-state index in [9.17, 15) is 10.2 Å². The molecule has 1 aliphatic heterocycles. The first-order valence-electron chi connectivity index (χ1n) is 16.6. The van der Waals surface area contributed by atoms with Gasteiger partial charge in [0, 0.05) is 41.2 Å². The predicted molar refractivity (Wildman–Crippen MR) is 183 cm³/mol. The molecule has 43 heavy (non-hydrogen) atoms. The third-order valence-corrected chi connectivity index (χ3v) is 9.24. The van der Waals surface area contributed by atoms with Crippen LogP contribution in [0, 0.1) is 0 Å². The Morgan fingerprint density at radius 3 is 1.63 bits per heavy atom. The van der Waals surface area contributed by atoms with Crippen molar-refractivity contribution in [2.75, 3.05) is 13.1 Å². The van der Waals surface area contributed by atoms with Crippen molar-refractivity contribution in [3.63, 3.8) is 0 Å². The molecular weight excluding hydrogens is 530 g/mol. The minimum Gasteiger partial charge on any atom is -0.507 e. The number of benzene rings is 2. The van der Waals surface area contributed by atoms with E-state index in [-0.39, 0.29) is 28.3 Å². The highest BCUT2D eigenvalue weighted by molar-refractivity contribution is 5.86. The third kappa shape index (κ3) is 8.50. The van der Waals surface area contributed by atoms with E-state index in [0.717, 1.165) is 67.6 Å². The summed E-state index contributed by atoms with van der Waals surface area (Å²) in [4.78, 5) is 12.6. The maximum Gasteiger partial charge on any atom is 0.128 e. The van der Waals surface area contributed by atoms with E-state index in [1.807, 2.05) is 12.4 Å². The molecule has 2 unspecified atom stereocenters. The smallest absolute Gasteiger partial charge is 0.128 e. The van der Waals surface area contributed by atoms with E-state index in [2.05, 4.69) is 91.5 Å². The van der Waals surface area contributed by atoms with Gasteiger partial charge in [0.1, 0.15) is 11.5 Å². The van der Waals surface area contributed by atoms with Gasteiger partial charge < -0.3 is 10.2 Å². The summed E-state index contributed by atoms with van der Waals surface area (Å²) in [5.74, 6) is 0.682. The van der Waals surface area contributed by atoms with Gasteiger partial charge in [0.15, 0.2) is 0 Å². The first-order valence-corrected chi connectivity index (χ1v) is 16.6. The second-order valence-corrected chi connectivity index (χ2v) is 16.1. The quantitative estimate of drug-likeness (QED) is 0.332. The zero-order valence-electron chi connectivity index (χ0n) is 28.4. The number of piperidine rings is 1. The molecule has 2 aliphatic rings. The molecule has 0 amide bonds. The van der Waals surface area contributed by atoms with E-state index in [1.54, 1.807) is 0 Å². The third-order valence-electron chi connectivity index (χ3n) is 9.24. The number of likely N-dealkylation sites (tertiary alicyclic amines) is 1. The molecule has 1 aliphatic carbocycles. The monoisotopic (exact) mass is 587 g/mol. The van der Waals surface area contributed by atoms with Crippen LogP contribution in [-0.2, 0) is 22.8 Å². The highest BCUT2D eigenvalue weighted by Gasteiger charge is 2.27. The van der Waals surface area contributed by atoms with Crippen molar-refractivity contribution in [2.24, 2.45) is 9.98 Å². The molecule has 0 spiro atoms. The Morgan fingerprint density at radius 1 is 0.651 bits per heavy atom. The Kier molecular flexibility index (Phi) is 10.2. The summed E-state index contributed by atoms with van der Waals surface area (Å²) >= 11 is 0. The molecule has 2 aromatic carbocycles. The summed E-state index contributed by atoms with van der Waals surface area (Å²) in [5, 5.41) is 22.7. The Morgan fingerprint density at radius 2 is 1.14 bits per heavy atom. The lowest BCUT2D eigenvalue weighted by Crippen LogP contribution is -2.29. The summed E-state index contributed by atoms with van der Waals surface area (Å²) < 4.78 is 0. The molecule has 0 aromatic heterocycles. The van der Waals surface area contributed by atoms with E-state index >= 15 is 0 Å². The van der Waals surface area contributed by atoms with Gasteiger partial charge in [0.05, 0.1) is 12.1 Å². The van der Waals surface area contributed by atoms with Crippen LogP contribution in [0.5, 0.6) is 11.5 Å². The average molecular weight is 588 g/mol. The van der Waals surface area contributed by atoms with E-state index in [1.165, 1.54) is 30.4 Å². The molecule has 0 bridgehead atoms. The van der Waals surface area contributed by atoms with E-state index in [0.29, 0.717) is 11.5 Å². The number of rotatable bonds is 6. The molecular formula is C38H57N3O2. The Bertz CT molecular complexity index is 1310. The number of phenolic OH excluding ortho intramolecular Hbond substituents is 2. The van der Waals surface area contributed by atoms with Crippen molar-refractivity contribution in [2.45, 2.75) is 142 Å². The van der Waals surface area contributed by atoms with Crippen molar-refractivity contribution < 1.29 is 10.2 Å². The minimum atomic E-state index is -0.179. The van der Waals surface area contributed by atoms with Crippen LogP contribution in [0.2, 0.25) is 0 Å². The Balaban J connectivity index is 1.64. The fourth-order valence-electron chi connectivity index (χ4n) is 6.28. The fourth-order valence-corrected chi connectivity index (χ4v) is 6.28. The summed E-state index contributed by atoms with van der Waals surface area (Å²) in [6.07, 6.45) is 11.7. The summed E-state index contributed by atoms with van der Waals surface area (Å²) in [5.41, 5.74) is 5.71. The van der Waals surface area contributed by atoms with Crippen LogP contribution in [0.3, 0.4) is 0 Å². The van der Waals surface area contributed by atoms with Crippen LogP contribution >= 0.6 is 0 Å². The highest BCUT2D eigenvalue weighted by atomic mass is 16.3. The molecule has 1 saturated heterocycles. The van der Waals surface area contributed by atoms with Crippen LogP contribution in [0.15, 0.2) is 34.3 Å². The minimum absolute atomic E-state index is 0.0277. The van der Waals surface area contributed by atoms with Crippen LogP contribution in [0.25, 0.3) is 0 Å². The molecule has 2 fully saturated rings. The molecule has 2 aromatic rings. The number of aliphatic imine (C=N–C) groups is 2. The van der Waals surface area contributed by atoms with Gasteiger partial charge in [-0.1, -0.05) is 93.7 Å². The molecule has 1 saturated carbocycles. The zero-order valence-corrected chi connectivity index (χ0v) is 28.4. The second kappa shape index (κ2) is 13.1. The number of hydrogen-bond donors (Lipinski definition) is 2. The topological polar surface area (TPSA) is 68.4 Å². The SMILES string of the molecule is CC(C)(C)c1cc(C=NC2CCCCC2N=Cc2cc(C(C)(C)C)cc(C(C)(C)C)c2O)c(O)c(CN2CCCCC2)c1. The predicted octanol–water partition coefficient (Wildman–Crippen LogP) is 8.83. The van der Waals surface area contributed by atoms with Crippen LogP contribution in [-0.4, -0.2) is 52.7 Å². The number of aromatic hydroxyl groups is 2. The summed E-state index contributed by atoms with van der Waals surface area (Å²) in [7, 11) is 0. The van der Waals surface area contributed by atoms with Gasteiger partial charge in [-0.05, 0) is 78.3 Å². The van der Waals surface area contributed by atoms with Crippen LogP contribution in [0.4, 0.5) is 0 Å². The highest BCUT2D eigenvalue weighted by Crippen LogP contribution is 2.38. The van der Waals surface area contributed by atoms with Gasteiger partial charge in [0.2, 0.25) is 0 Å². The Labute approximate surface area is 261 Å². The fraction of sp³-hybridized carbons (Fsp3) is 0.632. The van der Waals surface area contributed by atoms with Crippen LogP contribution in [0.1, 0.15) is 141 Å². The molecule has 0 radical (unpaired) electrons. The number of hydrogen-bond acceptors (Lipinski definition) is 5. The molecule has 4 rings (SSSR count). The summed E-state index contributed by atoms with van der Waals surface area (Å²) in [6, 6.07) is 8.64. The maximum atomic E-state index is 11.4. The first-order chi connectivity index (χ1) is 20.0. The van der Waals surface area contributed by atoms with Gasteiger partial charge in [0.25, 0.3) is 0 Å². The molecule has 1 heterocycles. The molecule has 2 atom stereocenters. The van der Waals surface area contributed by atoms with E-state index < -0.39 is 0 Å². The van der Waals surface area contributed by atoms with Crippen molar-refractivity contribution >= 4 is 12.4 Å². The maximum absolute atomic E-state index is 11.4. The second-order valence-electron chi connectivity index (χ2n) is 16.1. The number of nitrogens with zero attached hydrogens (tertiary/aromatic N) is 3. The van der Waals surface area contributed by atoms with Gasteiger partial charge >= 0.3 is 0 Å². The lowest BCUT2D eigenvalue weighted by Gasteiger charge is -2.28. The molecule has 2 N–H and O–H groups in total. The first kappa shape index (κ1) is 33.2. The Hall–Kier alpha value is -2.66. The average Bonchev–Trinajstić information content (AvgIpc) is 2.92. The standard InChI is InChI=1S/C38H57N3O2/c1-36(2,3)29-19-26(34(42)28(21-29)25-41-17-13-10-14-18-41)23-39-32-15-11-12-16-33(32)40-24-27-20-30(37(4,5)6)22-31(35(27)43)38(7,8)9/h19-24,32-33,42-43H,10-18,25H2,1-9H3. The van der Waals surface area contributed by atoms with Gasteiger partial charge in [-0.2, -0.15) is 0 Å². The van der Waals surface area contributed by atoms with Crippen molar-refractivity contribution in [3.05, 3.63) is 57.6 Å². The molecule has 5 nitrogen and oxygen atoms in total. The molecule has 5 heteroatoms. The van der Waals surface area contributed by atoms with Crippen molar-refractivity contribution in [3.8, 4) is 11.5 Å². The number of phenols is 2. The summed E-state index contributed by atoms with van der Waals surface area (Å²) in [6.45, 7) is 22.7.